The lowest BCUT2D eigenvalue weighted by Gasteiger charge is -2.14. The fourth-order valence-electron chi connectivity index (χ4n) is 2.00. The van der Waals surface area contributed by atoms with Crippen molar-refractivity contribution in [3.63, 3.8) is 0 Å². The van der Waals surface area contributed by atoms with Crippen LogP contribution in [0.1, 0.15) is 10.4 Å². The molecule has 0 heterocycles. The molecule has 122 valence electrons. The molecule has 0 saturated carbocycles. The number of carbonyl (C=O) groups is 1. The van der Waals surface area contributed by atoms with Crippen molar-refractivity contribution in [2.45, 2.75) is 0 Å². The third-order valence-electron chi connectivity index (χ3n) is 3.11. The Morgan fingerprint density at radius 2 is 1.57 bits per heavy atom. The Morgan fingerprint density at radius 3 is 2.04 bits per heavy atom. The van der Waals surface area contributed by atoms with Gasteiger partial charge in [0.05, 0.1) is 27.0 Å². The number of hydrogen-bond donors (Lipinski definition) is 1. The van der Waals surface area contributed by atoms with E-state index in [0.29, 0.717) is 11.8 Å². The van der Waals surface area contributed by atoms with Crippen molar-refractivity contribution in [2.75, 3.05) is 26.6 Å². The van der Waals surface area contributed by atoms with Crippen molar-refractivity contribution < 1.29 is 27.8 Å². The fourth-order valence-corrected chi connectivity index (χ4v) is 2.00. The molecule has 0 unspecified atom stereocenters. The lowest BCUT2D eigenvalue weighted by atomic mass is 10.1. The zero-order chi connectivity index (χ0) is 17.0. The van der Waals surface area contributed by atoms with Crippen LogP contribution >= 0.6 is 0 Å². The SMILES string of the molecule is COc1cc(C(=O)Nc2ccc(F)cc2F)cc(OC)c1OC. The van der Waals surface area contributed by atoms with Crippen LogP contribution in [0, 0.1) is 11.6 Å². The molecule has 0 aliphatic carbocycles. The Labute approximate surface area is 131 Å². The number of benzene rings is 2. The van der Waals surface area contributed by atoms with E-state index in [0.717, 1.165) is 12.1 Å². The van der Waals surface area contributed by atoms with Crippen molar-refractivity contribution in [2.24, 2.45) is 0 Å². The van der Waals surface area contributed by atoms with Gasteiger partial charge in [0.2, 0.25) is 5.75 Å². The van der Waals surface area contributed by atoms with E-state index in [1.807, 2.05) is 0 Å². The average molecular weight is 323 g/mol. The molecule has 1 N–H and O–H groups in total. The molecule has 0 aliphatic heterocycles. The van der Waals surface area contributed by atoms with Gasteiger partial charge >= 0.3 is 0 Å². The van der Waals surface area contributed by atoms with Gasteiger partial charge in [-0.2, -0.15) is 0 Å². The molecule has 0 aliphatic rings. The average Bonchev–Trinajstić information content (AvgIpc) is 2.55. The number of hydrogen-bond acceptors (Lipinski definition) is 4. The quantitative estimate of drug-likeness (QED) is 0.918. The van der Waals surface area contributed by atoms with Gasteiger partial charge in [-0.3, -0.25) is 4.79 Å². The van der Waals surface area contributed by atoms with Gasteiger partial charge in [-0.15, -0.1) is 0 Å². The second-order valence-electron chi connectivity index (χ2n) is 4.49. The molecular weight excluding hydrogens is 308 g/mol. The standard InChI is InChI=1S/C16H15F2NO4/c1-21-13-6-9(7-14(22-2)15(13)23-3)16(20)19-12-5-4-10(17)8-11(12)18/h4-8H,1-3H3,(H,19,20). The second-order valence-corrected chi connectivity index (χ2v) is 4.49. The van der Waals surface area contributed by atoms with Crippen LogP contribution in [0.25, 0.3) is 0 Å². The Kier molecular flexibility index (Phi) is 5.00. The summed E-state index contributed by atoms with van der Waals surface area (Å²) in [5.74, 6) is -1.29. The summed E-state index contributed by atoms with van der Waals surface area (Å²) < 4.78 is 42.0. The molecule has 0 radical (unpaired) electrons. The van der Waals surface area contributed by atoms with E-state index in [9.17, 15) is 13.6 Å². The van der Waals surface area contributed by atoms with Gasteiger partial charge in [0, 0.05) is 11.6 Å². The third-order valence-corrected chi connectivity index (χ3v) is 3.11. The summed E-state index contributed by atoms with van der Waals surface area (Å²) in [5, 5.41) is 2.36. The van der Waals surface area contributed by atoms with E-state index in [-0.39, 0.29) is 22.7 Å². The number of nitrogens with one attached hydrogen (secondary N) is 1. The first-order chi connectivity index (χ1) is 11.0. The number of halogens is 2. The van der Waals surface area contributed by atoms with E-state index < -0.39 is 17.5 Å². The Morgan fingerprint density at radius 1 is 0.957 bits per heavy atom. The maximum absolute atomic E-state index is 13.6. The summed E-state index contributed by atoms with van der Waals surface area (Å²) in [4.78, 5) is 12.3. The first-order valence-corrected chi connectivity index (χ1v) is 6.56. The van der Waals surface area contributed by atoms with Crippen molar-refractivity contribution in [1.29, 1.82) is 0 Å². The van der Waals surface area contributed by atoms with E-state index >= 15 is 0 Å². The first-order valence-electron chi connectivity index (χ1n) is 6.56. The van der Waals surface area contributed by atoms with Crippen LogP contribution in [-0.4, -0.2) is 27.2 Å². The number of ether oxygens (including phenoxy) is 3. The number of methoxy groups -OCH3 is 3. The number of anilines is 1. The highest BCUT2D eigenvalue weighted by molar-refractivity contribution is 6.05. The molecule has 1 amide bonds. The number of rotatable bonds is 5. The molecule has 2 rings (SSSR count). The molecule has 2 aromatic rings. The summed E-state index contributed by atoms with van der Waals surface area (Å²) in [6, 6.07) is 5.73. The van der Waals surface area contributed by atoms with Crippen molar-refractivity contribution in [1.82, 2.24) is 0 Å². The molecule has 0 aromatic heterocycles. The highest BCUT2D eigenvalue weighted by Gasteiger charge is 2.18. The molecule has 5 nitrogen and oxygen atoms in total. The van der Waals surface area contributed by atoms with E-state index in [4.69, 9.17) is 14.2 Å². The monoisotopic (exact) mass is 323 g/mol. The smallest absolute Gasteiger partial charge is 0.256 e. The van der Waals surface area contributed by atoms with Crippen LogP contribution in [0.2, 0.25) is 0 Å². The van der Waals surface area contributed by atoms with Crippen LogP contribution in [0.4, 0.5) is 14.5 Å². The second kappa shape index (κ2) is 6.95. The fraction of sp³-hybridized carbons (Fsp3) is 0.188. The molecule has 0 bridgehead atoms. The van der Waals surface area contributed by atoms with Gasteiger partial charge < -0.3 is 19.5 Å². The van der Waals surface area contributed by atoms with Gasteiger partial charge in [0.1, 0.15) is 11.6 Å². The van der Waals surface area contributed by atoms with Crippen molar-refractivity contribution in [3.05, 3.63) is 47.5 Å². The van der Waals surface area contributed by atoms with Crippen LogP contribution in [0.5, 0.6) is 17.2 Å². The lowest BCUT2D eigenvalue weighted by molar-refractivity contribution is 0.102. The maximum Gasteiger partial charge on any atom is 0.256 e. The van der Waals surface area contributed by atoms with Crippen LogP contribution in [0.3, 0.4) is 0 Å². The highest BCUT2D eigenvalue weighted by Crippen LogP contribution is 2.38. The van der Waals surface area contributed by atoms with E-state index in [1.54, 1.807) is 0 Å². The predicted octanol–water partition coefficient (Wildman–Crippen LogP) is 3.24. The van der Waals surface area contributed by atoms with Gasteiger partial charge in [-0.05, 0) is 24.3 Å². The Balaban J connectivity index is 2.35. The zero-order valence-electron chi connectivity index (χ0n) is 12.8. The molecule has 7 heteroatoms. The van der Waals surface area contributed by atoms with Gasteiger partial charge in [0.25, 0.3) is 5.91 Å². The zero-order valence-corrected chi connectivity index (χ0v) is 12.8. The topological polar surface area (TPSA) is 56.8 Å². The molecule has 0 spiro atoms. The Hall–Kier alpha value is -2.83. The summed E-state index contributed by atoms with van der Waals surface area (Å²) >= 11 is 0. The Bertz CT molecular complexity index is 709. The number of carbonyl (C=O) groups excluding carboxylic acids is 1. The minimum atomic E-state index is -0.870. The maximum atomic E-state index is 13.6. The highest BCUT2D eigenvalue weighted by atomic mass is 19.1. The van der Waals surface area contributed by atoms with Crippen molar-refractivity contribution >= 4 is 11.6 Å². The van der Waals surface area contributed by atoms with E-state index in [2.05, 4.69) is 5.32 Å². The summed E-state index contributed by atoms with van der Waals surface area (Å²) in [7, 11) is 4.27. The molecule has 0 fully saturated rings. The normalized spacial score (nSPS) is 10.1. The van der Waals surface area contributed by atoms with E-state index in [1.165, 1.54) is 33.5 Å². The third kappa shape index (κ3) is 3.50. The van der Waals surface area contributed by atoms with Gasteiger partial charge in [0.15, 0.2) is 11.5 Å². The van der Waals surface area contributed by atoms with Crippen LogP contribution in [-0.2, 0) is 0 Å². The first kappa shape index (κ1) is 16.5. The largest absolute Gasteiger partial charge is 0.493 e. The predicted molar refractivity (Wildman–Crippen MR) is 80.4 cm³/mol. The lowest BCUT2D eigenvalue weighted by Crippen LogP contribution is -2.13. The van der Waals surface area contributed by atoms with Crippen molar-refractivity contribution in [3.8, 4) is 17.2 Å². The summed E-state index contributed by atoms with van der Waals surface area (Å²) in [6.07, 6.45) is 0. The summed E-state index contributed by atoms with van der Waals surface area (Å²) in [6.45, 7) is 0. The van der Waals surface area contributed by atoms with Crippen LogP contribution in [0.15, 0.2) is 30.3 Å². The van der Waals surface area contributed by atoms with Gasteiger partial charge in [-0.25, -0.2) is 8.78 Å². The minimum absolute atomic E-state index is 0.134. The molecule has 2 aromatic carbocycles. The van der Waals surface area contributed by atoms with Gasteiger partial charge in [-0.1, -0.05) is 0 Å². The molecule has 0 atom stereocenters. The molecule has 0 saturated heterocycles. The summed E-state index contributed by atoms with van der Waals surface area (Å²) in [5.41, 5.74) is 0.0355. The molecule has 23 heavy (non-hydrogen) atoms. The minimum Gasteiger partial charge on any atom is -0.493 e. The molecular formula is C16H15F2NO4. The van der Waals surface area contributed by atoms with Crippen LogP contribution < -0.4 is 19.5 Å². The number of amides is 1.